The lowest BCUT2D eigenvalue weighted by Gasteiger charge is -2.28. The Balaban J connectivity index is 1.99. The number of carbonyl (C=O) groups excluding carboxylic acids is 1. The van der Waals surface area contributed by atoms with Crippen molar-refractivity contribution in [3.05, 3.63) is 30.1 Å². The van der Waals surface area contributed by atoms with Crippen LogP contribution in [0.15, 0.2) is 24.5 Å². The van der Waals surface area contributed by atoms with Crippen LogP contribution >= 0.6 is 23.5 Å². The van der Waals surface area contributed by atoms with E-state index in [1.165, 1.54) is 5.75 Å². The zero-order chi connectivity index (χ0) is 12.1. The molecule has 0 aliphatic carbocycles. The van der Waals surface area contributed by atoms with Crippen LogP contribution in [0.4, 0.5) is 0 Å². The van der Waals surface area contributed by atoms with E-state index in [0.29, 0.717) is 17.5 Å². The SMILES string of the molecule is CCC1SCCSC1C(=O)Cc1ccncc1. The number of thioether (sulfide) groups is 2. The fourth-order valence-electron chi connectivity index (χ4n) is 2.00. The summed E-state index contributed by atoms with van der Waals surface area (Å²) in [6.07, 6.45) is 5.15. The van der Waals surface area contributed by atoms with E-state index in [4.69, 9.17) is 0 Å². The molecule has 4 heteroatoms. The van der Waals surface area contributed by atoms with Gasteiger partial charge in [-0.3, -0.25) is 9.78 Å². The first-order valence-electron chi connectivity index (χ1n) is 5.96. The van der Waals surface area contributed by atoms with Gasteiger partial charge >= 0.3 is 0 Å². The van der Waals surface area contributed by atoms with Crippen molar-refractivity contribution in [3.63, 3.8) is 0 Å². The molecule has 1 saturated heterocycles. The molecule has 2 heterocycles. The number of pyridine rings is 1. The van der Waals surface area contributed by atoms with Crippen LogP contribution in [0.3, 0.4) is 0 Å². The van der Waals surface area contributed by atoms with Gasteiger partial charge in [-0.1, -0.05) is 6.92 Å². The van der Waals surface area contributed by atoms with E-state index in [-0.39, 0.29) is 5.25 Å². The van der Waals surface area contributed by atoms with Gasteiger partial charge in [0.25, 0.3) is 0 Å². The van der Waals surface area contributed by atoms with E-state index < -0.39 is 0 Å². The van der Waals surface area contributed by atoms with Crippen LogP contribution in [0.25, 0.3) is 0 Å². The molecular weight excluding hydrogens is 250 g/mol. The van der Waals surface area contributed by atoms with Crippen molar-refractivity contribution in [2.24, 2.45) is 0 Å². The molecule has 2 atom stereocenters. The molecule has 2 rings (SSSR count). The fraction of sp³-hybridized carbons (Fsp3) is 0.538. The molecule has 1 aromatic heterocycles. The maximum Gasteiger partial charge on any atom is 0.151 e. The van der Waals surface area contributed by atoms with E-state index in [2.05, 4.69) is 11.9 Å². The number of aromatic nitrogens is 1. The molecular formula is C13H17NOS2. The number of hydrogen-bond acceptors (Lipinski definition) is 4. The Kier molecular flexibility index (Phi) is 4.92. The molecule has 2 unspecified atom stereocenters. The standard InChI is InChI=1S/C13H17NOS2/c1-2-12-13(17-8-7-16-12)11(15)9-10-3-5-14-6-4-10/h3-6,12-13H,2,7-9H2,1H3. The van der Waals surface area contributed by atoms with Gasteiger partial charge in [0.1, 0.15) is 0 Å². The first kappa shape index (κ1) is 13.0. The van der Waals surface area contributed by atoms with Crippen molar-refractivity contribution in [2.75, 3.05) is 11.5 Å². The summed E-state index contributed by atoms with van der Waals surface area (Å²) in [6, 6.07) is 3.86. The second-order valence-corrected chi connectivity index (χ2v) is 6.70. The van der Waals surface area contributed by atoms with Gasteiger partial charge in [-0.15, -0.1) is 11.8 Å². The molecule has 0 radical (unpaired) electrons. The zero-order valence-electron chi connectivity index (χ0n) is 9.96. The molecule has 1 aromatic rings. The van der Waals surface area contributed by atoms with Crippen LogP contribution in [0.5, 0.6) is 0 Å². The Labute approximate surface area is 111 Å². The predicted octanol–water partition coefficient (Wildman–Crippen LogP) is 2.82. The normalized spacial score (nSPS) is 24.5. The van der Waals surface area contributed by atoms with Crippen LogP contribution in [0, 0.1) is 0 Å². The van der Waals surface area contributed by atoms with Crippen LogP contribution < -0.4 is 0 Å². The summed E-state index contributed by atoms with van der Waals surface area (Å²) in [7, 11) is 0. The minimum Gasteiger partial charge on any atom is -0.298 e. The van der Waals surface area contributed by atoms with Crippen molar-refractivity contribution in [1.29, 1.82) is 0 Å². The second-order valence-electron chi connectivity index (χ2n) is 4.11. The lowest BCUT2D eigenvalue weighted by Crippen LogP contribution is -2.33. The number of carbonyl (C=O) groups is 1. The molecule has 0 aromatic carbocycles. The lowest BCUT2D eigenvalue weighted by molar-refractivity contribution is -0.117. The molecule has 2 nitrogen and oxygen atoms in total. The van der Waals surface area contributed by atoms with Crippen LogP contribution in [-0.2, 0) is 11.2 Å². The summed E-state index contributed by atoms with van der Waals surface area (Å²) >= 11 is 3.79. The highest BCUT2D eigenvalue weighted by molar-refractivity contribution is 8.07. The average Bonchev–Trinajstić information content (AvgIpc) is 2.40. The molecule has 17 heavy (non-hydrogen) atoms. The van der Waals surface area contributed by atoms with E-state index >= 15 is 0 Å². The van der Waals surface area contributed by atoms with Crippen molar-refractivity contribution >= 4 is 29.3 Å². The van der Waals surface area contributed by atoms with Gasteiger partial charge in [-0.05, 0) is 24.1 Å². The lowest BCUT2D eigenvalue weighted by atomic mass is 10.1. The number of ketones is 1. The molecule has 1 aliphatic rings. The van der Waals surface area contributed by atoms with Crippen molar-refractivity contribution in [2.45, 2.75) is 30.3 Å². The van der Waals surface area contributed by atoms with Crippen LogP contribution in [-0.4, -0.2) is 32.8 Å². The fourth-order valence-corrected chi connectivity index (χ4v) is 5.04. The second kappa shape index (κ2) is 6.45. The molecule has 0 N–H and O–H groups in total. The summed E-state index contributed by atoms with van der Waals surface area (Å²) in [5, 5.41) is 0.690. The first-order valence-corrected chi connectivity index (χ1v) is 8.06. The summed E-state index contributed by atoms with van der Waals surface area (Å²) in [5.74, 6) is 2.66. The van der Waals surface area contributed by atoms with Gasteiger partial charge in [0, 0.05) is 35.6 Å². The third kappa shape index (κ3) is 3.49. The van der Waals surface area contributed by atoms with Crippen LogP contribution in [0.2, 0.25) is 0 Å². The maximum absolute atomic E-state index is 12.3. The topological polar surface area (TPSA) is 30.0 Å². The number of nitrogens with zero attached hydrogens (tertiary/aromatic N) is 1. The average molecular weight is 267 g/mol. The van der Waals surface area contributed by atoms with Crippen LogP contribution in [0.1, 0.15) is 18.9 Å². The maximum atomic E-state index is 12.3. The number of Topliss-reactive ketones (excluding diaryl/α,β-unsaturated/α-hetero) is 1. The summed E-state index contributed by atoms with van der Waals surface area (Å²) in [5.41, 5.74) is 1.08. The van der Waals surface area contributed by atoms with E-state index in [0.717, 1.165) is 17.7 Å². The monoisotopic (exact) mass is 267 g/mol. The minimum atomic E-state index is 0.187. The molecule has 0 amide bonds. The van der Waals surface area contributed by atoms with E-state index in [1.807, 2.05) is 35.7 Å². The van der Waals surface area contributed by atoms with Gasteiger partial charge in [-0.2, -0.15) is 11.8 Å². The summed E-state index contributed by atoms with van der Waals surface area (Å²) < 4.78 is 0. The molecule has 0 saturated carbocycles. The Morgan fingerprint density at radius 2 is 2.06 bits per heavy atom. The molecule has 1 fully saturated rings. The van der Waals surface area contributed by atoms with Gasteiger partial charge in [0.15, 0.2) is 5.78 Å². The van der Waals surface area contributed by atoms with Crippen molar-refractivity contribution < 1.29 is 4.79 Å². The highest BCUT2D eigenvalue weighted by Crippen LogP contribution is 2.34. The highest BCUT2D eigenvalue weighted by atomic mass is 32.2. The Hall–Kier alpha value is -0.480. The summed E-state index contributed by atoms with van der Waals surface area (Å²) in [4.78, 5) is 16.3. The summed E-state index contributed by atoms with van der Waals surface area (Å²) in [6.45, 7) is 2.18. The third-order valence-corrected chi connectivity index (χ3v) is 6.19. The number of rotatable bonds is 4. The number of hydrogen-bond donors (Lipinski definition) is 0. The largest absolute Gasteiger partial charge is 0.298 e. The third-order valence-electron chi connectivity index (χ3n) is 2.90. The predicted molar refractivity (Wildman–Crippen MR) is 75.7 cm³/mol. The molecule has 0 bridgehead atoms. The van der Waals surface area contributed by atoms with Gasteiger partial charge in [0.05, 0.1) is 5.25 Å². The highest BCUT2D eigenvalue weighted by Gasteiger charge is 2.30. The Bertz CT molecular complexity index is 369. The van der Waals surface area contributed by atoms with E-state index in [1.54, 1.807) is 12.4 Å². The Morgan fingerprint density at radius 3 is 2.76 bits per heavy atom. The van der Waals surface area contributed by atoms with Crippen molar-refractivity contribution in [1.82, 2.24) is 4.98 Å². The molecule has 1 aliphatic heterocycles. The minimum absolute atomic E-state index is 0.187. The molecule has 0 spiro atoms. The zero-order valence-corrected chi connectivity index (χ0v) is 11.6. The van der Waals surface area contributed by atoms with Gasteiger partial charge in [0.2, 0.25) is 0 Å². The van der Waals surface area contributed by atoms with E-state index in [9.17, 15) is 4.79 Å². The van der Waals surface area contributed by atoms with Gasteiger partial charge in [-0.25, -0.2) is 0 Å². The quantitative estimate of drug-likeness (QED) is 0.839. The first-order chi connectivity index (χ1) is 8.31. The molecule has 92 valence electrons. The van der Waals surface area contributed by atoms with Gasteiger partial charge < -0.3 is 0 Å². The Morgan fingerprint density at radius 1 is 1.35 bits per heavy atom. The van der Waals surface area contributed by atoms with Crippen molar-refractivity contribution in [3.8, 4) is 0 Å². The smallest absolute Gasteiger partial charge is 0.151 e.